The van der Waals surface area contributed by atoms with Crippen LogP contribution in [0.15, 0.2) is 36.4 Å². The van der Waals surface area contributed by atoms with E-state index < -0.39 is 6.10 Å². The minimum Gasteiger partial charge on any atom is -0.489 e. The molecule has 106 valence electrons. The number of hydrogen-bond donors (Lipinski definition) is 1. The predicted octanol–water partition coefficient (Wildman–Crippen LogP) is 4.24. The molecule has 2 aromatic rings. The van der Waals surface area contributed by atoms with Crippen molar-refractivity contribution in [2.24, 2.45) is 0 Å². The van der Waals surface area contributed by atoms with E-state index in [-0.39, 0.29) is 0 Å². The fourth-order valence-corrected chi connectivity index (χ4v) is 2.15. The number of aryl methyl sites for hydroxylation is 3. The number of ether oxygens (including phenoxy) is 1. The maximum absolute atomic E-state index is 9.56. The quantitative estimate of drug-likeness (QED) is 0.900. The van der Waals surface area contributed by atoms with Crippen LogP contribution < -0.4 is 4.74 Å². The SMILES string of the molecule is Cc1ccc(COc2ccc([C@H](C)O)cc2C)cc1C. The summed E-state index contributed by atoms with van der Waals surface area (Å²) >= 11 is 0. The van der Waals surface area contributed by atoms with E-state index in [1.807, 2.05) is 25.1 Å². The Balaban J connectivity index is 2.09. The number of rotatable bonds is 4. The Labute approximate surface area is 121 Å². The lowest BCUT2D eigenvalue weighted by molar-refractivity contribution is 0.199. The first kappa shape index (κ1) is 14.6. The molecule has 0 saturated carbocycles. The highest BCUT2D eigenvalue weighted by Gasteiger charge is 2.05. The molecule has 0 saturated heterocycles. The van der Waals surface area contributed by atoms with Crippen molar-refractivity contribution in [3.8, 4) is 5.75 Å². The van der Waals surface area contributed by atoms with Gasteiger partial charge in [0.1, 0.15) is 12.4 Å². The zero-order valence-corrected chi connectivity index (χ0v) is 12.6. The molecule has 1 N–H and O–H groups in total. The van der Waals surface area contributed by atoms with E-state index in [9.17, 15) is 5.11 Å². The van der Waals surface area contributed by atoms with Crippen LogP contribution in [0.3, 0.4) is 0 Å². The van der Waals surface area contributed by atoms with Gasteiger partial charge in [-0.05, 0) is 67.6 Å². The first-order valence-corrected chi connectivity index (χ1v) is 6.95. The van der Waals surface area contributed by atoms with Crippen LogP contribution in [0.4, 0.5) is 0 Å². The standard InChI is InChI=1S/C18H22O2/c1-12-5-6-16(9-13(12)2)11-20-18-8-7-17(15(4)19)10-14(18)3/h5-10,15,19H,11H2,1-4H3/t15-/m0/s1. The third-order valence-electron chi connectivity index (χ3n) is 3.65. The van der Waals surface area contributed by atoms with E-state index in [4.69, 9.17) is 4.74 Å². The monoisotopic (exact) mass is 270 g/mol. The normalized spacial score (nSPS) is 12.2. The Morgan fingerprint density at radius 2 is 1.70 bits per heavy atom. The summed E-state index contributed by atoms with van der Waals surface area (Å²) in [4.78, 5) is 0. The van der Waals surface area contributed by atoms with Gasteiger partial charge in [0.25, 0.3) is 0 Å². The van der Waals surface area contributed by atoms with Crippen molar-refractivity contribution in [3.05, 3.63) is 64.2 Å². The van der Waals surface area contributed by atoms with E-state index in [1.54, 1.807) is 6.92 Å². The topological polar surface area (TPSA) is 29.5 Å². The molecule has 0 aliphatic carbocycles. The fourth-order valence-electron chi connectivity index (χ4n) is 2.15. The van der Waals surface area contributed by atoms with Gasteiger partial charge >= 0.3 is 0 Å². The zero-order chi connectivity index (χ0) is 14.7. The summed E-state index contributed by atoms with van der Waals surface area (Å²) < 4.78 is 5.87. The molecule has 2 rings (SSSR count). The van der Waals surface area contributed by atoms with Crippen molar-refractivity contribution in [1.82, 2.24) is 0 Å². The molecule has 0 heterocycles. The van der Waals surface area contributed by atoms with Crippen LogP contribution in [0.1, 0.15) is 40.8 Å². The Bertz CT molecular complexity index is 600. The van der Waals surface area contributed by atoms with Crippen LogP contribution in [0.2, 0.25) is 0 Å². The maximum Gasteiger partial charge on any atom is 0.122 e. The molecule has 0 fully saturated rings. The van der Waals surface area contributed by atoms with Gasteiger partial charge in [0.15, 0.2) is 0 Å². The second-order valence-electron chi connectivity index (χ2n) is 5.41. The molecule has 0 unspecified atom stereocenters. The first-order valence-electron chi connectivity index (χ1n) is 6.95. The highest BCUT2D eigenvalue weighted by Crippen LogP contribution is 2.23. The van der Waals surface area contributed by atoms with Gasteiger partial charge in [0, 0.05) is 0 Å². The van der Waals surface area contributed by atoms with Crippen molar-refractivity contribution in [1.29, 1.82) is 0 Å². The van der Waals surface area contributed by atoms with E-state index >= 15 is 0 Å². The summed E-state index contributed by atoms with van der Waals surface area (Å²) in [6, 6.07) is 12.2. The minimum absolute atomic E-state index is 0.442. The molecule has 2 aromatic carbocycles. The number of benzene rings is 2. The van der Waals surface area contributed by atoms with Gasteiger partial charge in [-0.15, -0.1) is 0 Å². The summed E-state index contributed by atoms with van der Waals surface area (Å²) in [5.74, 6) is 0.868. The Morgan fingerprint density at radius 1 is 0.950 bits per heavy atom. The van der Waals surface area contributed by atoms with Crippen LogP contribution in [0.5, 0.6) is 5.75 Å². The Morgan fingerprint density at radius 3 is 2.30 bits per heavy atom. The van der Waals surface area contributed by atoms with Gasteiger partial charge in [-0.1, -0.05) is 24.3 Å². The fraction of sp³-hybridized carbons (Fsp3) is 0.333. The van der Waals surface area contributed by atoms with Gasteiger partial charge in [0.05, 0.1) is 6.10 Å². The van der Waals surface area contributed by atoms with Crippen LogP contribution in [0.25, 0.3) is 0 Å². The highest BCUT2D eigenvalue weighted by atomic mass is 16.5. The lowest BCUT2D eigenvalue weighted by Crippen LogP contribution is -1.99. The summed E-state index contributed by atoms with van der Waals surface area (Å²) in [5.41, 5.74) is 5.72. The maximum atomic E-state index is 9.56. The van der Waals surface area contributed by atoms with Crippen molar-refractivity contribution in [2.75, 3.05) is 0 Å². The predicted molar refractivity (Wildman–Crippen MR) is 82.1 cm³/mol. The van der Waals surface area contributed by atoms with Crippen LogP contribution in [-0.2, 0) is 6.61 Å². The van der Waals surface area contributed by atoms with Crippen LogP contribution >= 0.6 is 0 Å². The number of aliphatic hydroxyl groups is 1. The molecule has 0 bridgehead atoms. The second kappa shape index (κ2) is 6.10. The van der Waals surface area contributed by atoms with Gasteiger partial charge in [-0.3, -0.25) is 0 Å². The lowest BCUT2D eigenvalue weighted by atomic mass is 10.1. The van der Waals surface area contributed by atoms with E-state index in [0.717, 1.165) is 16.9 Å². The zero-order valence-electron chi connectivity index (χ0n) is 12.6. The molecular formula is C18H22O2. The van der Waals surface area contributed by atoms with Crippen molar-refractivity contribution >= 4 is 0 Å². The van der Waals surface area contributed by atoms with E-state index in [1.165, 1.54) is 16.7 Å². The van der Waals surface area contributed by atoms with Crippen LogP contribution in [0, 0.1) is 20.8 Å². The number of aliphatic hydroxyl groups excluding tert-OH is 1. The molecule has 0 radical (unpaired) electrons. The Kier molecular flexibility index (Phi) is 4.46. The average Bonchev–Trinajstić information content (AvgIpc) is 2.41. The molecule has 0 aromatic heterocycles. The summed E-state index contributed by atoms with van der Waals surface area (Å²) in [7, 11) is 0. The smallest absolute Gasteiger partial charge is 0.122 e. The molecule has 1 atom stereocenters. The lowest BCUT2D eigenvalue weighted by Gasteiger charge is -2.12. The first-order chi connectivity index (χ1) is 9.47. The molecular weight excluding hydrogens is 248 g/mol. The van der Waals surface area contributed by atoms with Crippen molar-refractivity contribution < 1.29 is 9.84 Å². The third-order valence-corrected chi connectivity index (χ3v) is 3.65. The van der Waals surface area contributed by atoms with E-state index in [0.29, 0.717) is 6.61 Å². The minimum atomic E-state index is -0.442. The van der Waals surface area contributed by atoms with Gasteiger partial charge < -0.3 is 9.84 Å². The molecule has 0 aliphatic rings. The molecule has 0 spiro atoms. The second-order valence-corrected chi connectivity index (χ2v) is 5.41. The Hall–Kier alpha value is -1.80. The van der Waals surface area contributed by atoms with Gasteiger partial charge in [-0.2, -0.15) is 0 Å². The van der Waals surface area contributed by atoms with Gasteiger partial charge in [0.2, 0.25) is 0 Å². The average molecular weight is 270 g/mol. The van der Waals surface area contributed by atoms with Crippen molar-refractivity contribution in [2.45, 2.75) is 40.4 Å². The molecule has 20 heavy (non-hydrogen) atoms. The third kappa shape index (κ3) is 3.40. The van der Waals surface area contributed by atoms with Crippen LogP contribution in [-0.4, -0.2) is 5.11 Å². The summed E-state index contributed by atoms with van der Waals surface area (Å²) in [6.45, 7) is 8.56. The summed E-state index contributed by atoms with van der Waals surface area (Å²) in [5, 5.41) is 9.56. The molecule has 2 nitrogen and oxygen atoms in total. The molecule has 0 amide bonds. The van der Waals surface area contributed by atoms with E-state index in [2.05, 4.69) is 32.0 Å². The van der Waals surface area contributed by atoms with Gasteiger partial charge in [-0.25, -0.2) is 0 Å². The summed E-state index contributed by atoms with van der Waals surface area (Å²) in [6.07, 6.45) is -0.442. The number of hydrogen-bond acceptors (Lipinski definition) is 2. The van der Waals surface area contributed by atoms with Crippen molar-refractivity contribution in [3.63, 3.8) is 0 Å². The largest absolute Gasteiger partial charge is 0.489 e. The highest BCUT2D eigenvalue weighted by molar-refractivity contribution is 5.37. The molecule has 0 aliphatic heterocycles. The molecule has 2 heteroatoms.